The molecule has 1 amide bonds. The Labute approximate surface area is 123 Å². The van der Waals surface area contributed by atoms with E-state index in [0.717, 1.165) is 0 Å². The third-order valence-corrected chi connectivity index (χ3v) is 3.08. The number of hydrogen-bond donors (Lipinski definition) is 1. The van der Waals surface area contributed by atoms with Crippen LogP contribution in [0.2, 0.25) is 0 Å². The molecule has 116 valence electrons. The van der Waals surface area contributed by atoms with Gasteiger partial charge in [-0.15, -0.1) is 0 Å². The Kier molecular flexibility index (Phi) is 4.56. The summed E-state index contributed by atoms with van der Waals surface area (Å²) in [7, 11) is 0. The molecule has 1 aromatic rings. The van der Waals surface area contributed by atoms with E-state index in [2.05, 4.69) is 15.0 Å². The first-order valence-corrected chi connectivity index (χ1v) is 6.88. The van der Waals surface area contributed by atoms with Crippen LogP contribution in [-0.4, -0.2) is 68.9 Å². The van der Waals surface area contributed by atoms with Crippen LogP contribution in [-0.2, 0) is 4.74 Å². The number of aliphatic hydroxyl groups is 1. The summed E-state index contributed by atoms with van der Waals surface area (Å²) < 4.78 is 5.36. The second-order valence-electron chi connectivity index (χ2n) is 5.89. The lowest BCUT2D eigenvalue weighted by molar-refractivity contribution is 0.0196. The van der Waals surface area contributed by atoms with Gasteiger partial charge in [0.05, 0.1) is 12.6 Å². The first-order chi connectivity index (χ1) is 9.90. The number of piperazine rings is 1. The summed E-state index contributed by atoms with van der Waals surface area (Å²) >= 11 is 0. The van der Waals surface area contributed by atoms with Crippen LogP contribution >= 0.6 is 0 Å². The molecule has 21 heavy (non-hydrogen) atoms. The van der Waals surface area contributed by atoms with Crippen LogP contribution in [0, 0.1) is 0 Å². The molecule has 1 aromatic heterocycles. The van der Waals surface area contributed by atoms with Crippen molar-refractivity contribution in [1.82, 2.24) is 19.9 Å². The van der Waals surface area contributed by atoms with Crippen LogP contribution in [0.5, 0.6) is 0 Å². The number of aliphatic hydroxyl groups excluding tert-OH is 1. The highest BCUT2D eigenvalue weighted by molar-refractivity contribution is 5.68. The van der Waals surface area contributed by atoms with Crippen molar-refractivity contribution >= 4 is 12.0 Å². The first-order valence-electron chi connectivity index (χ1n) is 6.88. The lowest BCUT2D eigenvalue weighted by Gasteiger charge is -2.40. The van der Waals surface area contributed by atoms with E-state index in [1.54, 1.807) is 4.90 Å². The number of rotatable bonds is 2. The molecule has 1 aliphatic heterocycles. The van der Waals surface area contributed by atoms with Gasteiger partial charge in [0.1, 0.15) is 18.3 Å². The molecule has 1 fully saturated rings. The van der Waals surface area contributed by atoms with E-state index in [0.29, 0.717) is 25.6 Å². The minimum absolute atomic E-state index is 0.0923. The van der Waals surface area contributed by atoms with Crippen LogP contribution < -0.4 is 4.90 Å². The fourth-order valence-electron chi connectivity index (χ4n) is 2.15. The molecule has 0 aliphatic carbocycles. The zero-order valence-corrected chi connectivity index (χ0v) is 12.6. The number of anilines is 1. The van der Waals surface area contributed by atoms with Crippen LogP contribution in [0.1, 0.15) is 20.8 Å². The Morgan fingerprint density at radius 2 is 2.05 bits per heavy atom. The minimum atomic E-state index is -0.531. The monoisotopic (exact) mass is 295 g/mol. The number of hydrogen-bond acceptors (Lipinski definition) is 7. The first kappa shape index (κ1) is 15.4. The third-order valence-electron chi connectivity index (χ3n) is 3.08. The summed E-state index contributed by atoms with van der Waals surface area (Å²) in [6.45, 7) is 6.80. The van der Waals surface area contributed by atoms with Crippen LogP contribution in [0.15, 0.2) is 12.7 Å². The van der Waals surface area contributed by atoms with E-state index < -0.39 is 5.60 Å². The van der Waals surface area contributed by atoms with Gasteiger partial charge in [-0.1, -0.05) is 0 Å². The topological polar surface area (TPSA) is 91.7 Å². The van der Waals surface area contributed by atoms with Crippen molar-refractivity contribution in [2.45, 2.75) is 32.4 Å². The molecule has 0 radical (unpaired) electrons. The van der Waals surface area contributed by atoms with Crippen molar-refractivity contribution in [3.63, 3.8) is 0 Å². The molecule has 8 heteroatoms. The van der Waals surface area contributed by atoms with E-state index >= 15 is 0 Å². The average molecular weight is 295 g/mol. The van der Waals surface area contributed by atoms with Gasteiger partial charge in [-0.05, 0) is 20.8 Å². The Hall–Kier alpha value is -1.96. The van der Waals surface area contributed by atoms with Crippen molar-refractivity contribution in [3.05, 3.63) is 12.7 Å². The van der Waals surface area contributed by atoms with Gasteiger partial charge in [0.2, 0.25) is 5.95 Å². The molecule has 1 aliphatic rings. The Morgan fingerprint density at radius 3 is 2.62 bits per heavy atom. The van der Waals surface area contributed by atoms with E-state index in [-0.39, 0.29) is 18.7 Å². The molecule has 2 heterocycles. The number of amides is 1. The zero-order valence-electron chi connectivity index (χ0n) is 12.6. The maximum atomic E-state index is 12.1. The third kappa shape index (κ3) is 4.01. The Bertz CT molecular complexity index is 476. The van der Waals surface area contributed by atoms with Gasteiger partial charge in [-0.2, -0.15) is 0 Å². The summed E-state index contributed by atoms with van der Waals surface area (Å²) in [5.74, 6) is 0.507. The smallest absolute Gasteiger partial charge is 0.410 e. The number of aromatic nitrogens is 3. The molecule has 8 nitrogen and oxygen atoms in total. The lowest BCUT2D eigenvalue weighted by Crippen LogP contribution is -2.57. The number of carbonyl (C=O) groups is 1. The maximum absolute atomic E-state index is 12.1. The SMILES string of the molecule is CC(C)(C)OC(=O)N1CCN(c2ncncn2)[C@@H](CO)C1. The number of ether oxygens (including phenoxy) is 1. The van der Waals surface area contributed by atoms with E-state index in [4.69, 9.17) is 4.74 Å². The minimum Gasteiger partial charge on any atom is -0.444 e. The standard InChI is InChI=1S/C13H21N5O3/c1-13(2,3)21-12(20)17-4-5-18(10(6-17)7-19)11-15-8-14-9-16-11/h8-10,19H,4-7H2,1-3H3/t10-/m1/s1. The largest absolute Gasteiger partial charge is 0.444 e. The summed E-state index contributed by atoms with van der Waals surface area (Å²) in [5.41, 5.74) is -0.531. The zero-order chi connectivity index (χ0) is 15.5. The van der Waals surface area contributed by atoms with Gasteiger partial charge < -0.3 is 19.6 Å². The van der Waals surface area contributed by atoms with E-state index in [1.165, 1.54) is 12.7 Å². The van der Waals surface area contributed by atoms with Crippen molar-refractivity contribution in [3.8, 4) is 0 Å². The van der Waals surface area contributed by atoms with Gasteiger partial charge in [-0.25, -0.2) is 19.7 Å². The quantitative estimate of drug-likeness (QED) is 0.838. The van der Waals surface area contributed by atoms with Crippen LogP contribution in [0.4, 0.5) is 10.7 Å². The second kappa shape index (κ2) is 6.21. The highest BCUT2D eigenvalue weighted by atomic mass is 16.6. The average Bonchev–Trinajstić information content (AvgIpc) is 2.45. The Morgan fingerprint density at radius 1 is 1.38 bits per heavy atom. The molecule has 0 unspecified atom stereocenters. The normalized spacial score (nSPS) is 19.5. The van der Waals surface area contributed by atoms with Crippen LogP contribution in [0.3, 0.4) is 0 Å². The highest BCUT2D eigenvalue weighted by Crippen LogP contribution is 2.18. The van der Waals surface area contributed by atoms with Crippen molar-refractivity contribution in [2.75, 3.05) is 31.1 Å². The van der Waals surface area contributed by atoms with E-state index in [9.17, 15) is 9.90 Å². The molecule has 1 saturated heterocycles. The molecule has 0 aromatic carbocycles. The fraction of sp³-hybridized carbons (Fsp3) is 0.692. The van der Waals surface area contributed by atoms with Gasteiger partial charge in [0.25, 0.3) is 0 Å². The molecular weight excluding hydrogens is 274 g/mol. The van der Waals surface area contributed by atoms with Crippen molar-refractivity contribution < 1.29 is 14.6 Å². The van der Waals surface area contributed by atoms with Crippen molar-refractivity contribution in [2.24, 2.45) is 0 Å². The number of carbonyl (C=O) groups excluding carboxylic acids is 1. The van der Waals surface area contributed by atoms with Crippen LogP contribution in [0.25, 0.3) is 0 Å². The summed E-state index contributed by atoms with van der Waals surface area (Å²) in [4.78, 5) is 27.5. The van der Waals surface area contributed by atoms with E-state index in [1.807, 2.05) is 25.7 Å². The highest BCUT2D eigenvalue weighted by Gasteiger charge is 2.32. The second-order valence-corrected chi connectivity index (χ2v) is 5.89. The summed E-state index contributed by atoms with van der Waals surface area (Å²) in [6.07, 6.45) is 2.46. The van der Waals surface area contributed by atoms with Gasteiger partial charge in [0.15, 0.2) is 0 Å². The lowest BCUT2D eigenvalue weighted by atomic mass is 10.2. The molecule has 2 rings (SSSR count). The molecule has 0 bridgehead atoms. The predicted octanol–water partition coefficient (Wildman–Crippen LogP) is 0.290. The molecule has 1 atom stereocenters. The summed E-state index contributed by atoms with van der Waals surface area (Å²) in [6, 6.07) is -0.256. The molecule has 1 N–H and O–H groups in total. The fourth-order valence-corrected chi connectivity index (χ4v) is 2.15. The summed E-state index contributed by atoms with van der Waals surface area (Å²) in [5, 5.41) is 9.56. The van der Waals surface area contributed by atoms with Gasteiger partial charge in [0, 0.05) is 19.6 Å². The molecule has 0 spiro atoms. The Balaban J connectivity index is 2.03. The maximum Gasteiger partial charge on any atom is 0.410 e. The molecule has 0 saturated carbocycles. The molecular formula is C13H21N5O3. The van der Waals surface area contributed by atoms with Gasteiger partial charge in [-0.3, -0.25) is 0 Å². The van der Waals surface area contributed by atoms with Crippen molar-refractivity contribution in [1.29, 1.82) is 0 Å². The van der Waals surface area contributed by atoms with Gasteiger partial charge >= 0.3 is 6.09 Å². The number of nitrogens with zero attached hydrogens (tertiary/aromatic N) is 5. The predicted molar refractivity (Wildman–Crippen MR) is 75.9 cm³/mol.